The van der Waals surface area contributed by atoms with Crippen molar-refractivity contribution in [2.45, 2.75) is 0 Å². The fraction of sp³-hybridized carbons (Fsp3) is 0.273. The predicted molar refractivity (Wildman–Crippen MR) is 137 cm³/mol. The monoisotopic (exact) mass is 503 g/mol. The Labute approximate surface area is 205 Å². The highest BCUT2D eigenvalue weighted by molar-refractivity contribution is 7.74. The van der Waals surface area contributed by atoms with Crippen LogP contribution in [0.1, 0.15) is 0 Å². The average Bonchev–Trinajstić information content (AvgIpc) is 2.86. The minimum absolute atomic E-state index is 0.288. The Kier molecular flexibility index (Phi) is 7.56. The molecule has 0 radical (unpaired) electrons. The lowest BCUT2D eigenvalue weighted by atomic mass is 10.2. The van der Waals surface area contributed by atoms with E-state index in [4.69, 9.17) is 16.3 Å². The van der Waals surface area contributed by atoms with E-state index in [0.717, 1.165) is 36.2 Å². The molecule has 180 valence electrons. The Morgan fingerprint density at radius 1 is 1.12 bits per heavy atom. The summed E-state index contributed by atoms with van der Waals surface area (Å²) >= 11 is 6.33. The highest BCUT2D eigenvalue weighted by Gasteiger charge is 2.15. The quantitative estimate of drug-likeness (QED) is 0.345. The van der Waals surface area contributed by atoms with Crippen LogP contribution in [0.25, 0.3) is 0 Å². The third kappa shape index (κ3) is 5.44. The van der Waals surface area contributed by atoms with E-state index in [1.54, 1.807) is 31.4 Å². The summed E-state index contributed by atoms with van der Waals surface area (Å²) in [5.41, 5.74) is 2.79. The number of methoxy groups -OCH3 is 1. The van der Waals surface area contributed by atoms with Gasteiger partial charge in [-0.1, -0.05) is 23.7 Å². The number of piperazine rings is 1. The van der Waals surface area contributed by atoms with E-state index >= 15 is 0 Å². The maximum absolute atomic E-state index is 11.5. The summed E-state index contributed by atoms with van der Waals surface area (Å²) in [5.74, 6) is 1.30. The maximum Gasteiger partial charge on any atom is 0.229 e. The zero-order valence-corrected chi connectivity index (χ0v) is 20.4. The van der Waals surface area contributed by atoms with Crippen molar-refractivity contribution in [3.63, 3.8) is 0 Å². The predicted octanol–water partition coefficient (Wildman–Crippen LogP) is 3.00. The number of nitrogens with zero attached hydrogens (tertiary/aromatic N) is 4. The van der Waals surface area contributed by atoms with Gasteiger partial charge in [0.1, 0.15) is 10.8 Å². The number of para-hydroxylation sites is 2. The van der Waals surface area contributed by atoms with Gasteiger partial charge < -0.3 is 25.6 Å². The number of halogens is 1. The number of nitrogens with one attached hydrogen (secondary N) is 3. The van der Waals surface area contributed by atoms with Gasteiger partial charge in [-0.3, -0.25) is 4.31 Å². The summed E-state index contributed by atoms with van der Waals surface area (Å²) in [6, 6.07) is 12.9. The fourth-order valence-corrected chi connectivity index (χ4v) is 4.10. The van der Waals surface area contributed by atoms with Crippen LogP contribution in [0.2, 0.25) is 5.02 Å². The summed E-state index contributed by atoms with van der Waals surface area (Å²) in [6.45, 7) is 3.76. The lowest BCUT2D eigenvalue weighted by Crippen LogP contribution is -2.43. The molecule has 3 N–H and O–H groups in total. The number of ether oxygens (including phenoxy) is 1. The number of thiol groups is 1. The number of rotatable bonds is 8. The van der Waals surface area contributed by atoms with Gasteiger partial charge in [0.15, 0.2) is 5.82 Å². The van der Waals surface area contributed by atoms with Crippen molar-refractivity contribution in [2.24, 2.45) is 0 Å². The second-order valence-electron chi connectivity index (χ2n) is 7.54. The van der Waals surface area contributed by atoms with Gasteiger partial charge in [0, 0.05) is 45.0 Å². The van der Waals surface area contributed by atoms with Crippen LogP contribution in [0.4, 0.5) is 34.5 Å². The van der Waals surface area contributed by atoms with Gasteiger partial charge in [0.25, 0.3) is 0 Å². The van der Waals surface area contributed by atoms with E-state index in [1.165, 1.54) is 13.2 Å². The van der Waals surface area contributed by atoms with Crippen molar-refractivity contribution in [3.05, 3.63) is 53.7 Å². The van der Waals surface area contributed by atoms with E-state index < -0.39 is 10.9 Å². The third-order valence-electron chi connectivity index (χ3n) is 5.41. The second kappa shape index (κ2) is 10.8. The molecule has 0 unspecified atom stereocenters. The molecule has 4 rings (SSSR count). The van der Waals surface area contributed by atoms with Crippen LogP contribution in [-0.4, -0.2) is 58.7 Å². The van der Waals surface area contributed by atoms with Crippen LogP contribution in [0.5, 0.6) is 5.75 Å². The first-order chi connectivity index (χ1) is 16.5. The van der Waals surface area contributed by atoms with E-state index in [9.17, 15) is 8.42 Å². The molecule has 34 heavy (non-hydrogen) atoms. The number of anilines is 6. The van der Waals surface area contributed by atoms with Gasteiger partial charge in [-0.2, -0.15) is 4.98 Å². The van der Waals surface area contributed by atoms with Gasteiger partial charge in [-0.15, -0.1) is 0 Å². The summed E-state index contributed by atoms with van der Waals surface area (Å²) < 4.78 is 29.7. The molecule has 0 spiro atoms. The number of benzene rings is 2. The average molecular weight is 504 g/mol. The van der Waals surface area contributed by atoms with E-state index in [0.29, 0.717) is 34.6 Å². The van der Waals surface area contributed by atoms with E-state index in [-0.39, 0.29) is 5.02 Å². The smallest absolute Gasteiger partial charge is 0.229 e. The molecule has 0 saturated carbocycles. The first-order valence-electron chi connectivity index (χ1n) is 10.6. The summed E-state index contributed by atoms with van der Waals surface area (Å²) in [6.07, 6.45) is 1.47. The van der Waals surface area contributed by atoms with Gasteiger partial charge >= 0.3 is 0 Å². The zero-order valence-electron chi connectivity index (χ0n) is 18.8. The van der Waals surface area contributed by atoms with Crippen LogP contribution in [-0.2, 0) is 10.9 Å². The van der Waals surface area contributed by atoms with Crippen LogP contribution < -0.4 is 29.9 Å². The third-order valence-corrected chi connectivity index (χ3v) is 6.39. The minimum atomic E-state index is -2.80. The van der Waals surface area contributed by atoms with Crippen molar-refractivity contribution in [3.8, 4) is 5.75 Å². The molecule has 0 bridgehead atoms. The molecule has 1 aliphatic rings. The first-order valence-corrected chi connectivity index (χ1v) is 12.1. The summed E-state index contributed by atoms with van der Waals surface area (Å²) in [5, 5.41) is 9.92. The largest absolute Gasteiger partial charge is 0.494 e. The molecule has 12 heteroatoms. The highest BCUT2D eigenvalue weighted by Crippen LogP contribution is 2.34. The van der Waals surface area contributed by atoms with Crippen LogP contribution in [0, 0.1) is 0 Å². The number of hydrogen-bond donors (Lipinski definition) is 4. The number of aromatic nitrogens is 2. The Bertz CT molecular complexity index is 1230. The molecule has 1 aromatic heterocycles. The van der Waals surface area contributed by atoms with Crippen molar-refractivity contribution < 1.29 is 13.2 Å². The summed E-state index contributed by atoms with van der Waals surface area (Å²) in [4.78, 5) is 11.1. The summed E-state index contributed by atoms with van der Waals surface area (Å²) in [7, 11) is 0.291. The maximum atomic E-state index is 11.5. The fourth-order valence-electron chi connectivity index (χ4n) is 3.62. The lowest BCUT2D eigenvalue weighted by Gasteiger charge is -2.30. The minimum Gasteiger partial charge on any atom is -0.494 e. The standard InChI is InChI=1S/C22H26ClN7O3S/c1-29(34(31)32)19-6-4-3-5-17(19)26-21-16(23)14-25-22(28-21)27-18-8-7-15(13-20(18)33-2)30-11-9-24-10-12-30/h3-8,13-14,24,34H,9-12H2,1-2H3,(H2,25,26,27,28). The van der Waals surface area contributed by atoms with Gasteiger partial charge in [0.05, 0.1) is 30.4 Å². The Morgan fingerprint density at radius 3 is 2.62 bits per heavy atom. The van der Waals surface area contributed by atoms with Crippen molar-refractivity contribution >= 4 is 57.0 Å². The molecule has 3 aromatic rings. The van der Waals surface area contributed by atoms with Crippen LogP contribution >= 0.6 is 11.6 Å². The Balaban J connectivity index is 1.58. The van der Waals surface area contributed by atoms with Crippen molar-refractivity contribution in [2.75, 3.05) is 60.2 Å². The van der Waals surface area contributed by atoms with E-state index in [1.807, 2.05) is 18.2 Å². The van der Waals surface area contributed by atoms with Crippen molar-refractivity contribution in [1.29, 1.82) is 0 Å². The highest BCUT2D eigenvalue weighted by atomic mass is 35.5. The SMILES string of the molecule is COc1cc(N2CCNCC2)ccc1Nc1ncc(Cl)c(Nc2ccccc2N(C)[SH](=O)=O)n1. The van der Waals surface area contributed by atoms with Gasteiger partial charge in [-0.05, 0) is 24.3 Å². The molecule has 1 aliphatic heterocycles. The molecule has 1 saturated heterocycles. The first kappa shape index (κ1) is 23.9. The van der Waals surface area contributed by atoms with Crippen LogP contribution in [0.15, 0.2) is 48.7 Å². The molecule has 1 fully saturated rings. The zero-order chi connectivity index (χ0) is 24.1. The van der Waals surface area contributed by atoms with E-state index in [2.05, 4.69) is 30.8 Å². The number of hydrogen-bond acceptors (Lipinski definition) is 9. The van der Waals surface area contributed by atoms with Gasteiger partial charge in [-0.25, -0.2) is 13.4 Å². The second-order valence-corrected chi connectivity index (χ2v) is 9.02. The molecule has 0 amide bonds. The lowest BCUT2D eigenvalue weighted by molar-refractivity contribution is 0.416. The topological polar surface area (TPSA) is 112 Å². The molecular weight excluding hydrogens is 478 g/mol. The van der Waals surface area contributed by atoms with Crippen molar-refractivity contribution in [1.82, 2.24) is 15.3 Å². The molecule has 0 atom stereocenters. The molecule has 0 aliphatic carbocycles. The normalized spacial score (nSPS) is 13.6. The van der Waals surface area contributed by atoms with Crippen LogP contribution in [0.3, 0.4) is 0 Å². The Morgan fingerprint density at radius 2 is 1.88 bits per heavy atom. The molecular formula is C22H26ClN7O3S. The molecule has 2 heterocycles. The Hall–Kier alpha value is -3.28. The van der Waals surface area contributed by atoms with Gasteiger partial charge in [0.2, 0.25) is 16.8 Å². The molecule has 2 aromatic carbocycles. The molecule has 10 nitrogen and oxygen atoms in total.